The number of likely N-dealkylation sites (tertiary alicyclic amines) is 1. The Morgan fingerprint density at radius 3 is 2.67 bits per heavy atom. The number of amides is 1. The summed E-state index contributed by atoms with van der Waals surface area (Å²) in [7, 11) is 2.04. The van der Waals surface area contributed by atoms with Crippen LogP contribution in [-0.4, -0.2) is 42.2 Å². The fraction of sp³-hybridized carbons (Fsp3) is 0.440. The summed E-state index contributed by atoms with van der Waals surface area (Å²) in [6, 6.07) is 16.3. The molecule has 1 saturated heterocycles. The first-order valence-corrected chi connectivity index (χ1v) is 10.9. The van der Waals surface area contributed by atoms with E-state index in [1.54, 1.807) is 0 Å². The minimum atomic E-state index is 0.0144. The maximum absolute atomic E-state index is 13.2. The van der Waals surface area contributed by atoms with E-state index in [2.05, 4.69) is 34.1 Å². The lowest BCUT2D eigenvalue weighted by atomic mass is 9.80. The number of rotatable bonds is 3. The van der Waals surface area contributed by atoms with Crippen molar-refractivity contribution >= 4 is 11.6 Å². The van der Waals surface area contributed by atoms with Gasteiger partial charge in [0.1, 0.15) is 0 Å². The molecule has 1 aliphatic carbocycles. The van der Waals surface area contributed by atoms with Crippen molar-refractivity contribution in [2.45, 2.75) is 37.8 Å². The Bertz CT molecular complexity index is 1020. The molecule has 0 spiro atoms. The highest BCUT2D eigenvalue weighted by molar-refractivity contribution is 5.81. The number of nitrogens with zero attached hydrogens (tertiary/aromatic N) is 3. The molecular weight excluding hydrogens is 374 g/mol. The zero-order chi connectivity index (χ0) is 20.8. The van der Waals surface area contributed by atoms with E-state index in [1.807, 2.05) is 31.3 Å². The van der Waals surface area contributed by atoms with Crippen LogP contribution < -0.4 is 4.90 Å². The van der Waals surface area contributed by atoms with Crippen LogP contribution in [0.5, 0.6) is 0 Å². The number of benzene rings is 2. The summed E-state index contributed by atoms with van der Waals surface area (Å²) in [5.74, 6) is 0.699. The molecule has 2 heterocycles. The predicted molar refractivity (Wildman–Crippen MR) is 116 cm³/mol. The molecule has 2 aromatic carbocycles. The Labute approximate surface area is 177 Å². The van der Waals surface area contributed by atoms with Crippen LogP contribution in [0, 0.1) is 23.2 Å². The van der Waals surface area contributed by atoms with Crippen LogP contribution in [0.2, 0.25) is 0 Å². The van der Waals surface area contributed by atoms with Crippen molar-refractivity contribution in [3.63, 3.8) is 0 Å². The first-order chi connectivity index (χ1) is 14.6. The standard InChI is InChI=1S/C25H27N3O2/c1-27-22-9-8-19(18-7-2-4-16(12-18)14-26)13-21(22)24-20(23(27)15-29)10-11-28(24)25(30)17-5-3-6-17/h2,4,7-9,12-13,17,20,23-24,29H,3,5-6,10-11,15H2,1H3/t20-,23+,24-/m1/s1. The molecule has 5 heteroatoms. The van der Waals surface area contributed by atoms with Crippen molar-refractivity contribution in [2.75, 3.05) is 25.1 Å². The fourth-order valence-corrected chi connectivity index (χ4v) is 5.54. The molecule has 2 aliphatic heterocycles. The molecule has 1 amide bonds. The van der Waals surface area contributed by atoms with Crippen LogP contribution in [0.3, 0.4) is 0 Å². The van der Waals surface area contributed by atoms with Crippen molar-refractivity contribution in [2.24, 2.45) is 11.8 Å². The third-order valence-electron chi connectivity index (χ3n) is 7.41. The molecule has 5 nitrogen and oxygen atoms in total. The van der Waals surface area contributed by atoms with Gasteiger partial charge in [-0.25, -0.2) is 0 Å². The highest BCUT2D eigenvalue weighted by Crippen LogP contribution is 2.50. The van der Waals surface area contributed by atoms with Crippen LogP contribution in [0.25, 0.3) is 11.1 Å². The van der Waals surface area contributed by atoms with Crippen molar-refractivity contribution in [1.82, 2.24) is 4.90 Å². The van der Waals surface area contributed by atoms with E-state index in [9.17, 15) is 15.2 Å². The van der Waals surface area contributed by atoms with E-state index < -0.39 is 0 Å². The first-order valence-electron chi connectivity index (χ1n) is 10.9. The summed E-state index contributed by atoms with van der Waals surface area (Å²) in [4.78, 5) is 17.5. The van der Waals surface area contributed by atoms with Crippen LogP contribution in [0.4, 0.5) is 5.69 Å². The summed E-state index contributed by atoms with van der Waals surface area (Å²) in [6.07, 6.45) is 4.08. The van der Waals surface area contributed by atoms with Crippen molar-refractivity contribution in [3.8, 4) is 17.2 Å². The Morgan fingerprint density at radius 1 is 1.17 bits per heavy atom. The predicted octanol–water partition coefficient (Wildman–Crippen LogP) is 3.73. The lowest BCUT2D eigenvalue weighted by molar-refractivity contribution is -0.139. The number of anilines is 1. The SMILES string of the molecule is CN1c2ccc(-c3cccc(C#N)c3)cc2[C@H]2[C@H](CCN2C(=O)C2CCC2)[C@@H]1CO. The van der Waals surface area contributed by atoms with E-state index >= 15 is 0 Å². The Morgan fingerprint density at radius 2 is 1.97 bits per heavy atom. The number of hydrogen-bond acceptors (Lipinski definition) is 4. The van der Waals surface area contributed by atoms with E-state index in [0.717, 1.165) is 54.6 Å². The second-order valence-corrected chi connectivity index (χ2v) is 8.88. The highest BCUT2D eigenvalue weighted by Gasteiger charge is 2.48. The van der Waals surface area contributed by atoms with Gasteiger partial charge in [-0.15, -0.1) is 0 Å². The molecule has 2 fully saturated rings. The second kappa shape index (κ2) is 7.45. The molecule has 3 atom stereocenters. The number of aliphatic hydroxyl groups is 1. The van der Waals surface area contributed by atoms with Crippen LogP contribution in [0.15, 0.2) is 42.5 Å². The zero-order valence-corrected chi connectivity index (χ0v) is 17.3. The molecule has 0 bridgehead atoms. The summed E-state index contributed by atoms with van der Waals surface area (Å²) in [5.41, 5.74) is 4.96. The largest absolute Gasteiger partial charge is 0.394 e. The van der Waals surface area contributed by atoms with E-state index in [0.29, 0.717) is 5.56 Å². The molecule has 154 valence electrons. The van der Waals surface area contributed by atoms with E-state index in [4.69, 9.17) is 0 Å². The van der Waals surface area contributed by atoms with Crippen LogP contribution in [0.1, 0.15) is 42.9 Å². The first kappa shape index (κ1) is 19.1. The summed E-state index contributed by atoms with van der Waals surface area (Å²) in [6.45, 7) is 0.858. The minimum absolute atomic E-state index is 0.0144. The molecule has 0 aromatic heterocycles. The number of fused-ring (bicyclic) bond motifs is 3. The van der Waals surface area contributed by atoms with Gasteiger partial charge in [-0.3, -0.25) is 4.79 Å². The van der Waals surface area contributed by atoms with Crippen molar-refractivity contribution in [1.29, 1.82) is 5.26 Å². The van der Waals surface area contributed by atoms with E-state index in [1.165, 1.54) is 0 Å². The molecule has 5 rings (SSSR count). The van der Waals surface area contributed by atoms with Gasteiger partial charge in [0.05, 0.1) is 30.3 Å². The van der Waals surface area contributed by atoms with Crippen molar-refractivity contribution in [3.05, 3.63) is 53.6 Å². The van der Waals surface area contributed by atoms with Crippen LogP contribution >= 0.6 is 0 Å². The van der Waals surface area contributed by atoms with Gasteiger partial charge in [0.2, 0.25) is 5.91 Å². The Balaban J connectivity index is 1.59. The summed E-state index contributed by atoms with van der Waals surface area (Å²) >= 11 is 0. The number of likely N-dealkylation sites (N-methyl/N-ethyl adjacent to an activating group) is 1. The lowest BCUT2D eigenvalue weighted by Gasteiger charge is -2.45. The normalized spacial score (nSPS) is 25.3. The second-order valence-electron chi connectivity index (χ2n) is 8.88. The van der Waals surface area contributed by atoms with Gasteiger partial charge in [0, 0.05) is 31.1 Å². The molecule has 30 heavy (non-hydrogen) atoms. The van der Waals surface area contributed by atoms with Gasteiger partial charge in [-0.1, -0.05) is 24.6 Å². The third kappa shape index (κ3) is 2.90. The Kier molecular flexibility index (Phi) is 4.75. The fourth-order valence-electron chi connectivity index (χ4n) is 5.54. The maximum atomic E-state index is 13.2. The topological polar surface area (TPSA) is 67.6 Å². The molecule has 1 N–H and O–H groups in total. The van der Waals surface area contributed by atoms with Gasteiger partial charge < -0.3 is 14.9 Å². The van der Waals surface area contributed by atoms with Gasteiger partial charge in [0.15, 0.2) is 0 Å². The number of carbonyl (C=O) groups excluding carboxylic acids is 1. The summed E-state index contributed by atoms with van der Waals surface area (Å²) < 4.78 is 0. The number of hydrogen-bond donors (Lipinski definition) is 1. The van der Waals surface area contributed by atoms with Crippen molar-refractivity contribution < 1.29 is 9.90 Å². The minimum Gasteiger partial charge on any atom is -0.394 e. The van der Waals surface area contributed by atoms with Crippen LogP contribution in [-0.2, 0) is 4.79 Å². The van der Waals surface area contributed by atoms with Gasteiger partial charge >= 0.3 is 0 Å². The highest BCUT2D eigenvalue weighted by atomic mass is 16.3. The molecule has 0 unspecified atom stereocenters. The van der Waals surface area contributed by atoms with Gasteiger partial charge in [-0.2, -0.15) is 5.26 Å². The number of aliphatic hydroxyl groups excluding tert-OH is 1. The summed E-state index contributed by atoms with van der Waals surface area (Å²) in [5, 5.41) is 19.4. The zero-order valence-electron chi connectivity index (χ0n) is 17.3. The molecule has 1 saturated carbocycles. The number of carbonyl (C=O) groups is 1. The number of nitriles is 1. The maximum Gasteiger partial charge on any atom is 0.226 e. The lowest BCUT2D eigenvalue weighted by Crippen LogP contribution is -2.49. The molecule has 3 aliphatic rings. The third-order valence-corrected chi connectivity index (χ3v) is 7.41. The monoisotopic (exact) mass is 401 g/mol. The van der Waals surface area contributed by atoms with Gasteiger partial charge in [-0.05, 0) is 60.2 Å². The Hall–Kier alpha value is -2.84. The molecule has 2 aromatic rings. The quantitative estimate of drug-likeness (QED) is 0.851. The molecule has 0 radical (unpaired) electrons. The average Bonchev–Trinajstić information content (AvgIpc) is 3.17. The molecular formula is C25H27N3O2. The van der Waals surface area contributed by atoms with Gasteiger partial charge in [0.25, 0.3) is 0 Å². The smallest absolute Gasteiger partial charge is 0.226 e. The van der Waals surface area contributed by atoms with E-state index in [-0.39, 0.29) is 36.4 Å². The average molecular weight is 402 g/mol.